The Kier molecular flexibility index (Phi) is 4.24. The van der Waals surface area contributed by atoms with E-state index in [1.54, 1.807) is 4.57 Å². The number of anilines is 1. The Morgan fingerprint density at radius 2 is 2.00 bits per heavy atom. The van der Waals surface area contributed by atoms with Gasteiger partial charge in [-0.2, -0.15) is 0 Å². The first-order chi connectivity index (χ1) is 10.7. The smallest absolute Gasteiger partial charge is 0.258 e. The molecule has 2 heterocycles. The molecule has 5 heteroatoms. The van der Waals surface area contributed by atoms with Gasteiger partial charge in [0.15, 0.2) is 0 Å². The average Bonchev–Trinajstić information content (AvgIpc) is 2.53. The van der Waals surface area contributed by atoms with Crippen LogP contribution in [0.25, 0.3) is 0 Å². The third-order valence-electron chi connectivity index (χ3n) is 4.12. The number of aliphatic hydroxyl groups excluding tert-OH is 1. The van der Waals surface area contributed by atoms with Gasteiger partial charge < -0.3 is 10.0 Å². The van der Waals surface area contributed by atoms with Crippen LogP contribution < -0.4 is 10.5 Å². The number of fused-ring (bicyclic) bond motifs is 1. The second kappa shape index (κ2) is 6.32. The van der Waals surface area contributed by atoms with Gasteiger partial charge in [-0.3, -0.25) is 9.36 Å². The van der Waals surface area contributed by atoms with Crippen molar-refractivity contribution in [2.24, 2.45) is 0 Å². The van der Waals surface area contributed by atoms with Crippen LogP contribution in [0.4, 0.5) is 5.95 Å². The molecule has 3 rings (SSSR count). The van der Waals surface area contributed by atoms with Crippen molar-refractivity contribution in [2.45, 2.75) is 32.9 Å². The molecule has 0 unspecified atom stereocenters. The van der Waals surface area contributed by atoms with Crippen LogP contribution in [0, 0.1) is 6.92 Å². The Bertz CT molecular complexity index is 710. The maximum Gasteiger partial charge on any atom is 0.258 e. The SMILES string of the molecule is Cc1nc2n(c(=O)c1CCO)CCCN2Cc1ccccc1. The average molecular weight is 299 g/mol. The molecule has 0 bridgehead atoms. The maximum atomic E-state index is 12.6. The van der Waals surface area contributed by atoms with Gasteiger partial charge in [0.2, 0.25) is 5.95 Å². The number of aliphatic hydroxyl groups is 1. The van der Waals surface area contributed by atoms with E-state index in [0.29, 0.717) is 18.5 Å². The predicted octanol–water partition coefficient (Wildman–Crippen LogP) is 1.50. The maximum absolute atomic E-state index is 12.6. The van der Waals surface area contributed by atoms with E-state index in [2.05, 4.69) is 22.0 Å². The van der Waals surface area contributed by atoms with E-state index in [4.69, 9.17) is 5.11 Å². The molecule has 0 atom stereocenters. The fourth-order valence-electron chi connectivity index (χ4n) is 3.00. The number of rotatable bonds is 4. The lowest BCUT2D eigenvalue weighted by Gasteiger charge is -2.31. The summed E-state index contributed by atoms with van der Waals surface area (Å²) in [6, 6.07) is 10.2. The second-order valence-electron chi connectivity index (χ2n) is 5.67. The molecule has 0 saturated heterocycles. The first-order valence-electron chi connectivity index (χ1n) is 7.70. The summed E-state index contributed by atoms with van der Waals surface area (Å²) in [4.78, 5) is 19.4. The zero-order chi connectivity index (χ0) is 15.5. The van der Waals surface area contributed by atoms with Gasteiger partial charge in [0, 0.05) is 38.2 Å². The molecule has 0 aliphatic carbocycles. The van der Waals surface area contributed by atoms with Crippen molar-refractivity contribution in [1.29, 1.82) is 0 Å². The summed E-state index contributed by atoms with van der Waals surface area (Å²) in [6.07, 6.45) is 1.31. The summed E-state index contributed by atoms with van der Waals surface area (Å²) in [7, 11) is 0. The highest BCUT2D eigenvalue weighted by Crippen LogP contribution is 2.20. The lowest BCUT2D eigenvalue weighted by Crippen LogP contribution is -2.40. The predicted molar refractivity (Wildman–Crippen MR) is 86.1 cm³/mol. The summed E-state index contributed by atoms with van der Waals surface area (Å²) in [5.74, 6) is 0.749. The molecule has 0 amide bonds. The van der Waals surface area contributed by atoms with Gasteiger partial charge in [-0.05, 0) is 18.9 Å². The highest BCUT2D eigenvalue weighted by molar-refractivity contribution is 5.38. The lowest BCUT2D eigenvalue weighted by atomic mass is 10.1. The Balaban J connectivity index is 1.98. The summed E-state index contributed by atoms with van der Waals surface area (Å²) >= 11 is 0. The number of hydrogen-bond donors (Lipinski definition) is 1. The third-order valence-corrected chi connectivity index (χ3v) is 4.12. The van der Waals surface area contributed by atoms with Gasteiger partial charge in [0.1, 0.15) is 0 Å². The van der Waals surface area contributed by atoms with Crippen LogP contribution in [0.2, 0.25) is 0 Å². The molecular formula is C17H21N3O2. The number of aromatic nitrogens is 2. The van der Waals surface area contributed by atoms with E-state index >= 15 is 0 Å². The van der Waals surface area contributed by atoms with Gasteiger partial charge in [0.05, 0.1) is 5.69 Å². The minimum absolute atomic E-state index is 0.00527. The van der Waals surface area contributed by atoms with Gasteiger partial charge in [-0.1, -0.05) is 30.3 Å². The van der Waals surface area contributed by atoms with E-state index < -0.39 is 0 Å². The van der Waals surface area contributed by atoms with Gasteiger partial charge in [-0.15, -0.1) is 0 Å². The van der Waals surface area contributed by atoms with Crippen LogP contribution in [0.1, 0.15) is 23.2 Å². The van der Waals surface area contributed by atoms with E-state index in [0.717, 1.165) is 31.2 Å². The van der Waals surface area contributed by atoms with Crippen molar-refractivity contribution >= 4 is 5.95 Å². The number of nitrogens with zero attached hydrogens (tertiary/aromatic N) is 3. The van der Waals surface area contributed by atoms with Crippen LogP contribution in [-0.4, -0.2) is 27.8 Å². The summed E-state index contributed by atoms with van der Waals surface area (Å²) in [5.41, 5.74) is 2.56. The zero-order valence-corrected chi connectivity index (χ0v) is 12.8. The standard InChI is InChI=1S/C17H21N3O2/c1-13-15(8-11-21)16(22)20-10-5-9-19(17(20)18-13)12-14-6-3-2-4-7-14/h2-4,6-7,21H,5,8-12H2,1H3. The Morgan fingerprint density at radius 1 is 1.23 bits per heavy atom. The van der Waals surface area contributed by atoms with Crippen molar-refractivity contribution in [3.63, 3.8) is 0 Å². The molecule has 1 N–H and O–H groups in total. The highest BCUT2D eigenvalue weighted by atomic mass is 16.3. The van der Waals surface area contributed by atoms with Gasteiger partial charge in [-0.25, -0.2) is 4.98 Å². The molecule has 0 saturated carbocycles. The van der Waals surface area contributed by atoms with Crippen LogP contribution in [0.3, 0.4) is 0 Å². The van der Waals surface area contributed by atoms with E-state index in [-0.39, 0.29) is 12.2 Å². The lowest BCUT2D eigenvalue weighted by molar-refractivity contribution is 0.298. The number of benzene rings is 1. The van der Waals surface area contributed by atoms with E-state index in [1.807, 2.05) is 25.1 Å². The third kappa shape index (κ3) is 2.76. The molecule has 0 fully saturated rings. The topological polar surface area (TPSA) is 58.4 Å². The van der Waals surface area contributed by atoms with Crippen molar-refractivity contribution in [3.05, 3.63) is 57.5 Å². The molecule has 1 aromatic carbocycles. The van der Waals surface area contributed by atoms with E-state index in [1.165, 1.54) is 5.56 Å². The van der Waals surface area contributed by atoms with Crippen LogP contribution in [0.15, 0.2) is 35.1 Å². The largest absolute Gasteiger partial charge is 0.396 e. The Labute approximate surface area is 129 Å². The number of aryl methyl sites for hydroxylation is 1. The van der Waals surface area contributed by atoms with Crippen molar-refractivity contribution in [1.82, 2.24) is 9.55 Å². The molecule has 0 radical (unpaired) electrons. The fraction of sp³-hybridized carbons (Fsp3) is 0.412. The second-order valence-corrected chi connectivity index (χ2v) is 5.67. The first-order valence-corrected chi connectivity index (χ1v) is 7.70. The number of hydrogen-bond acceptors (Lipinski definition) is 4. The fourth-order valence-corrected chi connectivity index (χ4v) is 3.00. The zero-order valence-electron chi connectivity index (χ0n) is 12.8. The molecule has 1 aliphatic rings. The molecule has 1 aliphatic heterocycles. The molecular weight excluding hydrogens is 278 g/mol. The Hall–Kier alpha value is -2.14. The minimum atomic E-state index is -0.0230. The van der Waals surface area contributed by atoms with Crippen LogP contribution in [0.5, 0.6) is 0 Å². The monoisotopic (exact) mass is 299 g/mol. The van der Waals surface area contributed by atoms with Crippen molar-refractivity contribution in [3.8, 4) is 0 Å². The first kappa shape index (κ1) is 14.8. The molecule has 1 aromatic heterocycles. The minimum Gasteiger partial charge on any atom is -0.396 e. The molecule has 22 heavy (non-hydrogen) atoms. The summed E-state index contributed by atoms with van der Waals surface area (Å²) in [5, 5.41) is 9.13. The quantitative estimate of drug-likeness (QED) is 0.929. The molecule has 116 valence electrons. The van der Waals surface area contributed by atoms with Crippen molar-refractivity contribution in [2.75, 3.05) is 18.1 Å². The van der Waals surface area contributed by atoms with E-state index in [9.17, 15) is 4.79 Å². The van der Waals surface area contributed by atoms with Crippen LogP contribution in [-0.2, 0) is 19.5 Å². The van der Waals surface area contributed by atoms with Crippen LogP contribution >= 0.6 is 0 Å². The molecule has 0 spiro atoms. The molecule has 5 nitrogen and oxygen atoms in total. The summed E-state index contributed by atoms with van der Waals surface area (Å²) in [6.45, 7) is 4.19. The van der Waals surface area contributed by atoms with Gasteiger partial charge >= 0.3 is 0 Å². The van der Waals surface area contributed by atoms with Gasteiger partial charge in [0.25, 0.3) is 5.56 Å². The highest BCUT2D eigenvalue weighted by Gasteiger charge is 2.22. The normalized spacial score (nSPS) is 14.0. The molecule has 2 aromatic rings. The van der Waals surface area contributed by atoms with Crippen molar-refractivity contribution < 1.29 is 5.11 Å². The summed E-state index contributed by atoms with van der Waals surface area (Å²) < 4.78 is 1.75. The Morgan fingerprint density at radius 3 is 2.73 bits per heavy atom.